The van der Waals surface area contributed by atoms with Crippen molar-refractivity contribution < 1.29 is 4.39 Å². The van der Waals surface area contributed by atoms with Crippen molar-refractivity contribution in [3.05, 3.63) is 48.1 Å². The first kappa shape index (κ1) is 18.5. The van der Waals surface area contributed by atoms with Crippen LogP contribution in [-0.2, 0) is 6.42 Å². The zero-order valence-corrected chi connectivity index (χ0v) is 16.3. The Balaban J connectivity index is 1.60. The Morgan fingerprint density at radius 1 is 1.21 bits per heavy atom. The Morgan fingerprint density at radius 3 is 2.68 bits per heavy atom. The largest absolute Gasteiger partial charge is 0.371 e. The fraction of sp³-hybridized carbons (Fsp3) is 0.450. The Kier molecular flexibility index (Phi) is 5.27. The van der Waals surface area contributed by atoms with Gasteiger partial charge in [-0.15, -0.1) is 10.2 Å². The molecule has 0 aliphatic carbocycles. The minimum atomic E-state index is -0.289. The summed E-state index contributed by atoms with van der Waals surface area (Å²) < 4.78 is 15.1. The molecule has 8 heteroatoms. The van der Waals surface area contributed by atoms with Gasteiger partial charge < -0.3 is 10.3 Å². The molecule has 2 aromatic rings. The zero-order valence-electron chi connectivity index (χ0n) is 16.3. The smallest absolute Gasteiger partial charge is 0.209 e. The first-order valence-corrected chi connectivity index (χ1v) is 9.81. The van der Waals surface area contributed by atoms with Crippen LogP contribution in [0.3, 0.4) is 0 Å². The number of benzene rings is 1. The van der Waals surface area contributed by atoms with Crippen molar-refractivity contribution in [2.45, 2.75) is 39.2 Å². The highest BCUT2D eigenvalue weighted by molar-refractivity contribution is 5.75. The monoisotopic (exact) mass is 383 g/mol. The predicted octanol–water partition coefficient (Wildman–Crippen LogP) is 3.02. The van der Waals surface area contributed by atoms with Crippen LogP contribution in [0.1, 0.15) is 32.3 Å². The third-order valence-electron chi connectivity index (χ3n) is 5.22. The fourth-order valence-corrected chi connectivity index (χ4v) is 3.96. The Morgan fingerprint density at radius 2 is 2.04 bits per heavy atom. The number of tetrazole rings is 1. The van der Waals surface area contributed by atoms with Crippen LogP contribution in [0.25, 0.3) is 11.4 Å². The lowest BCUT2D eigenvalue weighted by molar-refractivity contribution is 0.192. The molecule has 3 heterocycles. The standard InChI is InChI=1S/C20H26FN7/c1-14(2)11-15-12-17(21)19(20-23-25-26-24-20)18(13-15)27-9-5-16(6-10-27)28-8-4-3-7-22-28/h3-4,7-8,12-14,16,22H,5-6,9-11H2,1-2H3,(H,23,24,25,26). The van der Waals surface area contributed by atoms with E-state index in [0.717, 1.165) is 43.6 Å². The van der Waals surface area contributed by atoms with Gasteiger partial charge in [-0.05, 0) is 60.2 Å². The van der Waals surface area contributed by atoms with E-state index in [9.17, 15) is 0 Å². The summed E-state index contributed by atoms with van der Waals surface area (Å²) in [6.45, 7) is 5.97. The van der Waals surface area contributed by atoms with Crippen LogP contribution in [-0.4, -0.2) is 44.8 Å². The van der Waals surface area contributed by atoms with Gasteiger partial charge in [0.05, 0.1) is 17.3 Å². The summed E-state index contributed by atoms with van der Waals surface area (Å²) in [5.41, 5.74) is 5.56. The average Bonchev–Trinajstić information content (AvgIpc) is 3.22. The highest BCUT2D eigenvalue weighted by Crippen LogP contribution is 2.35. The molecule has 28 heavy (non-hydrogen) atoms. The van der Waals surface area contributed by atoms with Crippen molar-refractivity contribution in [2.24, 2.45) is 5.92 Å². The SMILES string of the molecule is CC(C)Cc1cc(F)c(-c2nn[nH]n2)c(N2CCC(N3C=CC=CN3)CC2)c1. The number of H-pyrrole nitrogens is 1. The summed E-state index contributed by atoms with van der Waals surface area (Å²) in [7, 11) is 0. The van der Waals surface area contributed by atoms with E-state index in [1.807, 2.05) is 18.4 Å². The molecule has 2 N–H and O–H groups in total. The molecule has 4 rings (SSSR count). The van der Waals surface area contributed by atoms with Crippen LogP contribution in [0, 0.1) is 11.7 Å². The maximum absolute atomic E-state index is 15.1. The number of aromatic amines is 1. The number of nitrogens with zero attached hydrogens (tertiary/aromatic N) is 5. The molecule has 0 unspecified atom stereocenters. The second kappa shape index (κ2) is 8.00. The summed E-state index contributed by atoms with van der Waals surface area (Å²) in [4.78, 5) is 2.25. The maximum atomic E-state index is 15.1. The predicted molar refractivity (Wildman–Crippen MR) is 107 cm³/mol. The normalized spacial score (nSPS) is 17.4. The van der Waals surface area contributed by atoms with Gasteiger partial charge in [-0.2, -0.15) is 5.21 Å². The maximum Gasteiger partial charge on any atom is 0.209 e. The van der Waals surface area contributed by atoms with E-state index < -0.39 is 0 Å². The van der Waals surface area contributed by atoms with Crippen LogP contribution >= 0.6 is 0 Å². The summed E-state index contributed by atoms with van der Waals surface area (Å²) in [5, 5.41) is 16.3. The molecule has 148 valence electrons. The van der Waals surface area contributed by atoms with E-state index in [2.05, 4.69) is 62.1 Å². The minimum Gasteiger partial charge on any atom is -0.371 e. The van der Waals surface area contributed by atoms with E-state index in [-0.39, 0.29) is 5.82 Å². The first-order chi connectivity index (χ1) is 13.6. The topological polar surface area (TPSA) is 73.0 Å². The highest BCUT2D eigenvalue weighted by atomic mass is 19.1. The molecule has 0 amide bonds. The summed E-state index contributed by atoms with van der Waals surface area (Å²) in [5.74, 6) is 0.470. The average molecular weight is 383 g/mol. The lowest BCUT2D eigenvalue weighted by Crippen LogP contribution is -2.47. The van der Waals surface area contributed by atoms with Gasteiger partial charge >= 0.3 is 0 Å². The molecule has 7 nitrogen and oxygen atoms in total. The third kappa shape index (κ3) is 3.85. The van der Waals surface area contributed by atoms with E-state index >= 15 is 4.39 Å². The molecular weight excluding hydrogens is 357 g/mol. The molecule has 0 saturated carbocycles. The Bertz CT molecular complexity index is 852. The second-order valence-electron chi connectivity index (χ2n) is 7.76. The Hall–Kier alpha value is -2.90. The van der Waals surface area contributed by atoms with Crippen molar-refractivity contribution in [1.29, 1.82) is 0 Å². The number of halogens is 1. The van der Waals surface area contributed by atoms with Crippen molar-refractivity contribution in [1.82, 2.24) is 31.1 Å². The van der Waals surface area contributed by atoms with Crippen LogP contribution in [0.15, 0.2) is 36.7 Å². The highest BCUT2D eigenvalue weighted by Gasteiger charge is 2.27. The summed E-state index contributed by atoms with van der Waals surface area (Å²) in [6, 6.07) is 4.11. The van der Waals surface area contributed by atoms with Crippen LogP contribution in [0.2, 0.25) is 0 Å². The number of aromatic nitrogens is 4. The van der Waals surface area contributed by atoms with Gasteiger partial charge in [0.25, 0.3) is 0 Å². The summed E-state index contributed by atoms with van der Waals surface area (Å²) in [6.07, 6.45) is 10.8. The molecular formula is C20H26FN7. The molecule has 2 aliphatic rings. The van der Waals surface area contributed by atoms with Gasteiger partial charge in [-0.1, -0.05) is 13.8 Å². The van der Waals surface area contributed by atoms with Crippen LogP contribution < -0.4 is 10.3 Å². The van der Waals surface area contributed by atoms with E-state index in [1.165, 1.54) is 0 Å². The van der Waals surface area contributed by atoms with Crippen LogP contribution in [0.4, 0.5) is 10.1 Å². The van der Waals surface area contributed by atoms with Gasteiger partial charge in [0.2, 0.25) is 5.82 Å². The van der Waals surface area contributed by atoms with Crippen molar-refractivity contribution in [3.63, 3.8) is 0 Å². The number of nitrogens with one attached hydrogen (secondary N) is 2. The number of anilines is 1. The minimum absolute atomic E-state index is 0.289. The van der Waals surface area contributed by atoms with Crippen LogP contribution in [0.5, 0.6) is 0 Å². The zero-order chi connectivity index (χ0) is 19.5. The lowest BCUT2D eigenvalue weighted by atomic mass is 9.97. The van der Waals surface area contributed by atoms with Crippen molar-refractivity contribution in [3.8, 4) is 11.4 Å². The molecule has 0 bridgehead atoms. The number of allylic oxidation sites excluding steroid dienone is 2. The van der Waals surface area contributed by atoms with E-state index in [1.54, 1.807) is 6.07 Å². The third-order valence-corrected chi connectivity index (χ3v) is 5.22. The second-order valence-corrected chi connectivity index (χ2v) is 7.76. The molecule has 0 atom stereocenters. The number of rotatable bonds is 5. The quantitative estimate of drug-likeness (QED) is 0.827. The molecule has 1 aromatic heterocycles. The van der Waals surface area contributed by atoms with Gasteiger partial charge in [-0.25, -0.2) is 4.39 Å². The summed E-state index contributed by atoms with van der Waals surface area (Å²) >= 11 is 0. The van der Waals surface area contributed by atoms with E-state index in [0.29, 0.717) is 23.3 Å². The number of hydrazine groups is 1. The molecule has 1 fully saturated rings. The van der Waals surface area contributed by atoms with Crippen molar-refractivity contribution in [2.75, 3.05) is 18.0 Å². The Labute approximate surface area is 164 Å². The molecule has 2 aliphatic heterocycles. The van der Waals surface area contributed by atoms with E-state index in [4.69, 9.17) is 0 Å². The lowest BCUT2D eigenvalue weighted by Gasteiger charge is -2.39. The van der Waals surface area contributed by atoms with Gasteiger partial charge in [0.15, 0.2) is 0 Å². The van der Waals surface area contributed by atoms with Gasteiger partial charge in [0, 0.05) is 25.5 Å². The molecule has 1 aromatic carbocycles. The number of piperidine rings is 1. The fourth-order valence-electron chi connectivity index (χ4n) is 3.96. The molecule has 0 spiro atoms. The molecule has 0 radical (unpaired) electrons. The number of hydrogen-bond donors (Lipinski definition) is 2. The van der Waals surface area contributed by atoms with Gasteiger partial charge in [0.1, 0.15) is 5.82 Å². The van der Waals surface area contributed by atoms with Gasteiger partial charge in [-0.3, -0.25) is 5.01 Å². The first-order valence-electron chi connectivity index (χ1n) is 9.81. The van der Waals surface area contributed by atoms with Crippen molar-refractivity contribution >= 4 is 5.69 Å². The molecule has 1 saturated heterocycles. The number of hydrogen-bond acceptors (Lipinski definition) is 6.